The molecule has 0 unspecified atom stereocenters. The van der Waals surface area contributed by atoms with Crippen molar-refractivity contribution in [2.24, 2.45) is 0 Å². The molecule has 0 aromatic carbocycles. The maximum absolute atomic E-state index is 12.7. The Labute approximate surface area is 161 Å². The molecule has 1 aromatic heterocycles. The molecule has 0 saturated heterocycles. The van der Waals surface area contributed by atoms with Crippen LogP contribution in [0.4, 0.5) is 52.7 Å². The molecule has 29 heavy (non-hydrogen) atoms. The second-order valence-corrected chi connectivity index (χ2v) is 6.35. The van der Waals surface area contributed by atoms with E-state index in [2.05, 4.69) is 0 Å². The highest BCUT2D eigenvalue weighted by Gasteiger charge is 2.72. The quantitative estimate of drug-likeness (QED) is 0.514. The molecule has 0 spiro atoms. The molecule has 0 radical (unpaired) electrons. The smallest absolute Gasteiger partial charge is 0.430 e. The lowest BCUT2D eigenvalue weighted by Gasteiger charge is -2.41. The van der Waals surface area contributed by atoms with Crippen molar-refractivity contribution in [2.75, 3.05) is 0 Å². The number of halogens is 14. The SMILES string of the molecule is [O-]C(C[n+]1cn(CC(O)(C(F)(F)F)C(F)(F)F)c(Cl)c1Cl)(C(F)(F)F)C(F)(F)F. The highest BCUT2D eigenvalue weighted by Crippen LogP contribution is 2.45. The molecule has 0 atom stereocenters. The topological polar surface area (TPSA) is 52.1 Å². The number of hydrogen-bond acceptors (Lipinski definition) is 2. The second kappa shape index (κ2) is 7.23. The summed E-state index contributed by atoms with van der Waals surface area (Å²) in [6.07, 6.45) is -25.9. The lowest BCUT2D eigenvalue weighted by molar-refractivity contribution is -0.760. The Morgan fingerprint density at radius 2 is 1.21 bits per heavy atom. The van der Waals surface area contributed by atoms with E-state index in [0.29, 0.717) is 0 Å². The Morgan fingerprint density at radius 3 is 1.52 bits per heavy atom. The van der Waals surface area contributed by atoms with Gasteiger partial charge < -0.3 is 10.2 Å². The van der Waals surface area contributed by atoms with Crippen molar-refractivity contribution in [2.45, 2.75) is 49.0 Å². The molecule has 1 rings (SSSR count). The van der Waals surface area contributed by atoms with Gasteiger partial charge in [-0.05, 0) is 23.2 Å². The molecule has 170 valence electrons. The van der Waals surface area contributed by atoms with Crippen molar-refractivity contribution in [3.63, 3.8) is 0 Å². The summed E-state index contributed by atoms with van der Waals surface area (Å²) in [7, 11) is 0. The van der Waals surface area contributed by atoms with Crippen LogP contribution in [0.25, 0.3) is 0 Å². The number of imidazole rings is 1. The van der Waals surface area contributed by atoms with Gasteiger partial charge in [0.1, 0.15) is 12.1 Å². The Hall–Kier alpha value is -1.13. The molecule has 0 aliphatic carbocycles. The molecule has 1 aromatic rings. The number of aromatic nitrogens is 2. The molecule has 4 nitrogen and oxygen atoms in total. The monoisotopic (exact) mass is 496 g/mol. The third-order valence-electron chi connectivity index (χ3n) is 3.60. The van der Waals surface area contributed by atoms with E-state index in [1.165, 1.54) is 0 Å². The minimum Gasteiger partial charge on any atom is -0.833 e. The standard InChI is InChI=1S/C11H6Cl2F12N2O2/c12-4-5(13)27(2-7(29,10(20,21)22)11(23,24)25)3-26(4)1-6(28,8(14,15)16)9(17,18)19/h3,28H,1-2H2. The Kier molecular flexibility index (Phi) is 6.46. The minimum absolute atomic E-state index is 0.225. The van der Waals surface area contributed by atoms with Gasteiger partial charge in [-0.1, -0.05) is 0 Å². The van der Waals surface area contributed by atoms with Crippen LogP contribution in [-0.2, 0) is 13.1 Å². The third kappa shape index (κ3) is 4.49. The maximum atomic E-state index is 12.7. The zero-order chi connectivity index (χ0) is 23.4. The van der Waals surface area contributed by atoms with Crippen LogP contribution in [-0.4, -0.2) is 45.6 Å². The van der Waals surface area contributed by atoms with Gasteiger partial charge in [0.2, 0.25) is 6.33 Å². The largest absolute Gasteiger partial charge is 0.833 e. The first-order valence-corrected chi connectivity index (χ1v) is 7.38. The number of nitrogens with zero attached hydrogens (tertiary/aromatic N) is 2. The molecule has 0 aliphatic rings. The summed E-state index contributed by atoms with van der Waals surface area (Å²) in [6, 6.07) is 0. The summed E-state index contributed by atoms with van der Waals surface area (Å²) < 4.78 is 151. The molecule has 1 N–H and O–H groups in total. The fourth-order valence-electron chi connectivity index (χ4n) is 1.89. The summed E-state index contributed by atoms with van der Waals surface area (Å²) >= 11 is 10.5. The number of alkyl halides is 12. The molecule has 0 aliphatic heterocycles. The molecule has 18 heteroatoms. The normalized spacial score (nSPS) is 15.2. The zero-order valence-corrected chi connectivity index (χ0v) is 14.5. The Bertz CT molecular complexity index is 661. The highest BCUT2D eigenvalue weighted by atomic mass is 35.5. The summed E-state index contributed by atoms with van der Waals surface area (Å²) in [6.45, 7) is -5.16. The van der Waals surface area contributed by atoms with Gasteiger partial charge in [-0.2, -0.15) is 52.7 Å². The molecule has 1 heterocycles. The number of rotatable bonds is 4. The number of aliphatic hydroxyl groups is 1. The third-order valence-corrected chi connectivity index (χ3v) is 4.49. The van der Waals surface area contributed by atoms with Crippen LogP contribution in [0.2, 0.25) is 10.3 Å². The molecule has 0 fully saturated rings. The summed E-state index contributed by atoms with van der Waals surface area (Å²) in [5.74, 6) is 0. The van der Waals surface area contributed by atoms with E-state index < -0.39 is 68.4 Å². The van der Waals surface area contributed by atoms with E-state index in [9.17, 15) is 57.8 Å². The first-order valence-electron chi connectivity index (χ1n) is 6.63. The molecule has 0 amide bonds. The van der Waals surface area contributed by atoms with Crippen molar-refractivity contribution < 1.29 is 67.5 Å². The predicted octanol–water partition coefficient (Wildman–Crippen LogP) is 3.16. The molecule has 0 saturated carbocycles. The van der Waals surface area contributed by atoms with Crippen LogP contribution in [0.3, 0.4) is 0 Å². The minimum atomic E-state index is -6.48. The lowest BCUT2D eigenvalue weighted by atomic mass is 10.0. The van der Waals surface area contributed by atoms with E-state index in [0.717, 1.165) is 0 Å². The van der Waals surface area contributed by atoms with Crippen molar-refractivity contribution in [1.29, 1.82) is 0 Å². The van der Waals surface area contributed by atoms with E-state index in [4.69, 9.17) is 28.3 Å². The maximum Gasteiger partial charge on any atom is 0.430 e. The second-order valence-electron chi connectivity index (χ2n) is 5.63. The van der Waals surface area contributed by atoms with Gasteiger partial charge in [-0.3, -0.25) is 0 Å². The van der Waals surface area contributed by atoms with Gasteiger partial charge >= 0.3 is 24.7 Å². The van der Waals surface area contributed by atoms with Crippen molar-refractivity contribution >= 4 is 23.2 Å². The van der Waals surface area contributed by atoms with Crippen LogP contribution in [0.15, 0.2) is 6.33 Å². The fraction of sp³-hybridized carbons (Fsp3) is 0.727. The highest BCUT2D eigenvalue weighted by molar-refractivity contribution is 6.39. The average Bonchev–Trinajstić information content (AvgIpc) is 2.70. The van der Waals surface area contributed by atoms with E-state index in [1.54, 1.807) is 0 Å². The number of hydrogen-bond donors (Lipinski definition) is 1. The lowest BCUT2D eigenvalue weighted by Crippen LogP contribution is -2.72. The van der Waals surface area contributed by atoms with Gasteiger partial charge in [-0.15, -0.1) is 0 Å². The van der Waals surface area contributed by atoms with Crippen molar-refractivity contribution in [3.05, 3.63) is 16.6 Å². The van der Waals surface area contributed by atoms with Gasteiger partial charge in [0.15, 0.2) is 0 Å². The predicted molar refractivity (Wildman–Crippen MR) is 66.5 cm³/mol. The first-order chi connectivity index (χ1) is 12.5. The Balaban J connectivity index is 3.49. The van der Waals surface area contributed by atoms with Gasteiger partial charge in [0, 0.05) is 0 Å². The first kappa shape index (κ1) is 25.9. The summed E-state index contributed by atoms with van der Waals surface area (Å²) in [5, 5.41) is 17.6. The molecular weight excluding hydrogens is 491 g/mol. The molecule has 0 bridgehead atoms. The van der Waals surface area contributed by atoms with Crippen LogP contribution >= 0.6 is 23.2 Å². The summed E-state index contributed by atoms with van der Waals surface area (Å²) in [5.41, 5.74) is -11.2. The van der Waals surface area contributed by atoms with Crippen molar-refractivity contribution in [1.82, 2.24) is 4.57 Å². The van der Waals surface area contributed by atoms with Gasteiger partial charge in [-0.25, -0.2) is 9.13 Å². The zero-order valence-electron chi connectivity index (χ0n) is 13.0. The van der Waals surface area contributed by atoms with Crippen LogP contribution in [0, 0.1) is 0 Å². The van der Waals surface area contributed by atoms with E-state index >= 15 is 0 Å². The van der Waals surface area contributed by atoms with Crippen molar-refractivity contribution in [3.8, 4) is 0 Å². The fourth-order valence-corrected chi connectivity index (χ4v) is 2.32. The van der Waals surface area contributed by atoms with Gasteiger partial charge in [0.05, 0.1) is 6.54 Å². The average molecular weight is 497 g/mol. The summed E-state index contributed by atoms with van der Waals surface area (Å²) in [4.78, 5) is 0. The van der Waals surface area contributed by atoms with Gasteiger partial charge in [0.25, 0.3) is 15.9 Å². The van der Waals surface area contributed by atoms with Crippen LogP contribution < -0.4 is 9.67 Å². The Morgan fingerprint density at radius 1 is 0.828 bits per heavy atom. The van der Waals surface area contributed by atoms with E-state index in [1.807, 2.05) is 0 Å². The van der Waals surface area contributed by atoms with E-state index in [-0.39, 0.29) is 6.33 Å². The molecular formula is C11H6Cl2F12N2O2. The van der Waals surface area contributed by atoms with Crippen LogP contribution in [0.5, 0.6) is 0 Å². The van der Waals surface area contributed by atoms with Crippen LogP contribution in [0.1, 0.15) is 0 Å².